The van der Waals surface area contributed by atoms with Crippen LogP contribution in [0.3, 0.4) is 0 Å². The Balaban J connectivity index is 1.64. The molecule has 0 saturated carbocycles. The second-order valence-electron chi connectivity index (χ2n) is 8.50. The topological polar surface area (TPSA) is 3.24 Å². The summed E-state index contributed by atoms with van der Waals surface area (Å²) >= 11 is 0. The van der Waals surface area contributed by atoms with Gasteiger partial charge in [-0.1, -0.05) is 128 Å². The molecule has 0 amide bonds. The van der Waals surface area contributed by atoms with E-state index >= 15 is 0 Å². The van der Waals surface area contributed by atoms with E-state index in [0.29, 0.717) is 0 Å². The Labute approximate surface area is 215 Å². The van der Waals surface area contributed by atoms with Crippen LogP contribution >= 0.6 is 0 Å². The predicted octanol–water partition coefficient (Wildman–Crippen LogP) is 9.78. The van der Waals surface area contributed by atoms with Crippen LogP contribution in [0.5, 0.6) is 0 Å². The molecule has 0 unspecified atom stereocenters. The van der Waals surface area contributed by atoms with Crippen LogP contribution in [-0.2, 0) is 0 Å². The van der Waals surface area contributed by atoms with E-state index in [1.54, 1.807) is 6.08 Å². The molecule has 0 aliphatic heterocycles. The van der Waals surface area contributed by atoms with Crippen LogP contribution in [0.25, 0.3) is 23.3 Å². The van der Waals surface area contributed by atoms with E-state index in [1.807, 2.05) is 30.4 Å². The number of hydrogen-bond donors (Lipinski definition) is 0. The van der Waals surface area contributed by atoms with Crippen molar-refractivity contribution in [1.82, 2.24) is 0 Å². The molecule has 0 spiro atoms. The van der Waals surface area contributed by atoms with Gasteiger partial charge in [0.05, 0.1) is 0 Å². The Morgan fingerprint density at radius 2 is 1.25 bits per heavy atom. The second-order valence-corrected chi connectivity index (χ2v) is 8.50. The van der Waals surface area contributed by atoms with Crippen LogP contribution in [-0.4, -0.2) is 0 Å². The summed E-state index contributed by atoms with van der Waals surface area (Å²) in [5.74, 6) is 0. The van der Waals surface area contributed by atoms with Crippen LogP contribution in [0.15, 0.2) is 152 Å². The van der Waals surface area contributed by atoms with Crippen molar-refractivity contribution in [2.75, 3.05) is 4.90 Å². The molecule has 0 atom stereocenters. The molecule has 0 radical (unpaired) electrons. The van der Waals surface area contributed by atoms with Crippen LogP contribution in [0.4, 0.5) is 11.4 Å². The molecule has 0 aromatic heterocycles. The van der Waals surface area contributed by atoms with Crippen molar-refractivity contribution < 1.29 is 0 Å². The first-order valence-electron chi connectivity index (χ1n) is 12.1. The summed E-state index contributed by atoms with van der Waals surface area (Å²) in [6.07, 6.45) is 14.0. The molecule has 0 aliphatic carbocycles. The molecule has 1 nitrogen and oxygen atoms in total. The molecular formula is C35H31N. The Morgan fingerprint density at radius 3 is 1.89 bits per heavy atom. The zero-order valence-electron chi connectivity index (χ0n) is 20.7. The van der Waals surface area contributed by atoms with E-state index in [1.165, 1.54) is 22.3 Å². The van der Waals surface area contributed by atoms with E-state index in [0.717, 1.165) is 22.6 Å². The number of rotatable bonds is 9. The number of anilines is 2. The van der Waals surface area contributed by atoms with E-state index < -0.39 is 0 Å². The van der Waals surface area contributed by atoms with E-state index in [2.05, 4.69) is 134 Å². The van der Waals surface area contributed by atoms with Gasteiger partial charge in [0.15, 0.2) is 0 Å². The minimum absolute atomic E-state index is 0.957. The molecule has 0 saturated heterocycles. The molecule has 0 heterocycles. The Bertz CT molecular complexity index is 1390. The lowest BCUT2D eigenvalue weighted by Gasteiger charge is -2.26. The maximum absolute atomic E-state index is 4.06. The van der Waals surface area contributed by atoms with E-state index in [9.17, 15) is 0 Å². The quantitative estimate of drug-likeness (QED) is 0.222. The fourth-order valence-corrected chi connectivity index (χ4v) is 4.02. The van der Waals surface area contributed by atoms with E-state index in [4.69, 9.17) is 0 Å². The van der Waals surface area contributed by atoms with Crippen molar-refractivity contribution >= 4 is 23.5 Å². The van der Waals surface area contributed by atoms with Crippen molar-refractivity contribution in [2.45, 2.75) is 6.92 Å². The molecule has 0 fully saturated rings. The van der Waals surface area contributed by atoms with Gasteiger partial charge in [-0.2, -0.15) is 0 Å². The fourth-order valence-electron chi connectivity index (χ4n) is 4.02. The Kier molecular flexibility index (Phi) is 8.30. The highest BCUT2D eigenvalue weighted by Crippen LogP contribution is 2.33. The van der Waals surface area contributed by atoms with E-state index in [-0.39, 0.29) is 0 Å². The molecule has 176 valence electrons. The lowest BCUT2D eigenvalue weighted by molar-refractivity contribution is 1.21. The van der Waals surface area contributed by atoms with Crippen molar-refractivity contribution in [3.8, 4) is 11.1 Å². The third-order valence-corrected chi connectivity index (χ3v) is 5.88. The molecule has 36 heavy (non-hydrogen) atoms. The molecule has 4 aromatic carbocycles. The molecule has 0 bridgehead atoms. The smallest absolute Gasteiger partial charge is 0.0467 e. The van der Waals surface area contributed by atoms with Gasteiger partial charge in [0.2, 0.25) is 0 Å². The third kappa shape index (κ3) is 6.28. The summed E-state index contributed by atoms with van der Waals surface area (Å²) in [7, 11) is 0. The minimum Gasteiger partial charge on any atom is -0.311 e. The number of benzene rings is 4. The molecular weight excluding hydrogens is 434 g/mol. The van der Waals surface area contributed by atoms with Gasteiger partial charge in [-0.3, -0.25) is 0 Å². The zero-order chi connectivity index (χ0) is 25.2. The Hall–Kier alpha value is -4.62. The normalized spacial score (nSPS) is 11.6. The van der Waals surface area contributed by atoms with Crippen LogP contribution < -0.4 is 4.90 Å². The lowest BCUT2D eigenvalue weighted by Crippen LogP contribution is -2.15. The highest BCUT2D eigenvalue weighted by molar-refractivity contribution is 5.75. The summed E-state index contributed by atoms with van der Waals surface area (Å²) in [6, 6.07) is 36.0. The summed E-state index contributed by atoms with van der Waals surface area (Å²) < 4.78 is 0. The zero-order valence-corrected chi connectivity index (χ0v) is 20.7. The average Bonchev–Trinajstić information content (AvgIpc) is 2.92. The maximum atomic E-state index is 4.06. The van der Waals surface area contributed by atoms with Gasteiger partial charge in [0, 0.05) is 17.1 Å². The first-order chi connectivity index (χ1) is 17.7. The van der Waals surface area contributed by atoms with Crippen LogP contribution in [0.2, 0.25) is 0 Å². The lowest BCUT2D eigenvalue weighted by atomic mass is 10.0. The number of allylic oxidation sites excluding steroid dienone is 5. The largest absolute Gasteiger partial charge is 0.311 e. The van der Waals surface area contributed by atoms with Crippen LogP contribution in [0.1, 0.15) is 16.7 Å². The van der Waals surface area contributed by atoms with Gasteiger partial charge < -0.3 is 4.90 Å². The van der Waals surface area contributed by atoms with Crippen LogP contribution in [0, 0.1) is 6.92 Å². The highest BCUT2D eigenvalue weighted by atomic mass is 15.1. The minimum atomic E-state index is 0.957. The van der Waals surface area contributed by atoms with Gasteiger partial charge in [0.25, 0.3) is 0 Å². The second kappa shape index (κ2) is 12.2. The summed E-state index contributed by atoms with van der Waals surface area (Å²) in [5.41, 5.74) is 9.03. The SMILES string of the molecule is C=C/C=C(\C=C)N(c1ccc(-c2ccc(C)cc2)cc1)c1cccc(/C=C/C=C/c2ccccc2)c1. The third-order valence-electron chi connectivity index (χ3n) is 5.88. The number of aryl methyl sites for hydroxylation is 1. The van der Waals surface area contributed by atoms with Gasteiger partial charge in [-0.15, -0.1) is 0 Å². The van der Waals surface area contributed by atoms with Gasteiger partial charge >= 0.3 is 0 Å². The number of hydrogen-bond acceptors (Lipinski definition) is 1. The van der Waals surface area contributed by atoms with Gasteiger partial charge in [0.1, 0.15) is 0 Å². The molecule has 4 rings (SSSR count). The predicted molar refractivity (Wildman–Crippen MR) is 158 cm³/mol. The molecule has 0 N–H and O–H groups in total. The highest BCUT2D eigenvalue weighted by Gasteiger charge is 2.13. The maximum Gasteiger partial charge on any atom is 0.0467 e. The monoisotopic (exact) mass is 465 g/mol. The molecule has 1 heteroatoms. The van der Waals surface area contributed by atoms with Crippen molar-refractivity contribution in [2.24, 2.45) is 0 Å². The summed E-state index contributed by atoms with van der Waals surface area (Å²) in [4.78, 5) is 2.20. The first-order valence-corrected chi connectivity index (χ1v) is 12.1. The van der Waals surface area contributed by atoms with Crippen molar-refractivity contribution in [3.63, 3.8) is 0 Å². The van der Waals surface area contributed by atoms with Gasteiger partial charge in [-0.05, 0) is 65.6 Å². The van der Waals surface area contributed by atoms with Crippen molar-refractivity contribution in [3.05, 3.63) is 169 Å². The molecule has 4 aromatic rings. The number of nitrogens with zero attached hydrogens (tertiary/aromatic N) is 1. The molecule has 0 aliphatic rings. The Morgan fingerprint density at radius 1 is 0.639 bits per heavy atom. The van der Waals surface area contributed by atoms with Crippen molar-refractivity contribution in [1.29, 1.82) is 0 Å². The first kappa shape index (κ1) is 24.5. The standard InChI is InChI=1S/C35H31N/c1-4-12-33(5-2)36(34-25-23-32(24-26-34)31-21-19-28(3)20-22-31)35-18-11-17-30(27-35)16-10-9-15-29-13-7-6-8-14-29/h4-27H,1-2H2,3H3/b15-9+,16-10+,33-12+. The fraction of sp³-hybridized carbons (Fsp3) is 0.0286. The average molecular weight is 466 g/mol. The summed E-state index contributed by atoms with van der Waals surface area (Å²) in [5, 5.41) is 0. The van der Waals surface area contributed by atoms with Gasteiger partial charge in [-0.25, -0.2) is 0 Å². The summed E-state index contributed by atoms with van der Waals surface area (Å²) in [6.45, 7) is 10.1.